The summed E-state index contributed by atoms with van der Waals surface area (Å²) in [6.07, 6.45) is 3.43. The zero-order valence-electron chi connectivity index (χ0n) is 20.0. The molecule has 0 spiro atoms. The Hall–Kier alpha value is -3.48. The van der Waals surface area contributed by atoms with Gasteiger partial charge < -0.3 is 30.7 Å². The van der Waals surface area contributed by atoms with Gasteiger partial charge in [-0.25, -0.2) is 4.98 Å². The molecule has 3 aromatic rings. The van der Waals surface area contributed by atoms with E-state index in [1.807, 2.05) is 30.0 Å². The third-order valence-electron chi connectivity index (χ3n) is 6.66. The summed E-state index contributed by atoms with van der Waals surface area (Å²) in [4.78, 5) is 32.9. The maximum Gasteiger partial charge on any atom is 0.268 e. The van der Waals surface area contributed by atoms with Crippen LogP contribution in [0.15, 0.2) is 36.4 Å². The molecule has 0 bridgehead atoms. The number of primary amides is 1. The SMILES string of the molecule is Cc1cc([C@@H]2OC=C(C(N)=O)N2c2cc3sc(N4CCOCC4)nc3nc2N2CCC(N)C2)ccn1. The van der Waals surface area contributed by atoms with Crippen LogP contribution in [0.5, 0.6) is 0 Å². The van der Waals surface area contributed by atoms with Crippen molar-refractivity contribution in [2.24, 2.45) is 11.5 Å². The van der Waals surface area contributed by atoms with Crippen LogP contribution in [0, 0.1) is 6.92 Å². The first-order chi connectivity index (χ1) is 17.5. The van der Waals surface area contributed by atoms with Crippen molar-refractivity contribution < 1.29 is 14.3 Å². The molecular weight excluding hydrogens is 480 g/mol. The lowest BCUT2D eigenvalue weighted by Crippen LogP contribution is -2.36. The second-order valence-corrected chi connectivity index (χ2v) is 10.2. The van der Waals surface area contributed by atoms with Gasteiger partial charge >= 0.3 is 0 Å². The van der Waals surface area contributed by atoms with Gasteiger partial charge in [-0.3, -0.25) is 14.7 Å². The van der Waals surface area contributed by atoms with Crippen LogP contribution < -0.4 is 26.2 Å². The molecule has 6 heterocycles. The molecule has 2 fully saturated rings. The first kappa shape index (κ1) is 23.0. The van der Waals surface area contributed by atoms with Gasteiger partial charge in [0, 0.05) is 49.7 Å². The number of rotatable bonds is 5. The molecule has 6 rings (SSSR count). The van der Waals surface area contributed by atoms with E-state index in [9.17, 15) is 4.79 Å². The number of amides is 1. The Kier molecular flexibility index (Phi) is 5.86. The number of anilines is 3. The maximum absolute atomic E-state index is 12.5. The van der Waals surface area contributed by atoms with Crippen molar-refractivity contribution in [2.45, 2.75) is 25.6 Å². The first-order valence-corrected chi connectivity index (χ1v) is 12.8. The number of carbonyl (C=O) groups is 1. The minimum atomic E-state index is -0.588. The second kappa shape index (κ2) is 9.19. The number of aromatic nitrogens is 3. The van der Waals surface area contributed by atoms with Crippen LogP contribution in [0.3, 0.4) is 0 Å². The summed E-state index contributed by atoms with van der Waals surface area (Å²) in [6.45, 7) is 6.27. The predicted octanol–water partition coefficient (Wildman–Crippen LogP) is 1.63. The Balaban J connectivity index is 1.49. The summed E-state index contributed by atoms with van der Waals surface area (Å²) in [7, 11) is 0. The molecule has 36 heavy (non-hydrogen) atoms. The molecule has 2 atom stereocenters. The Labute approximate surface area is 212 Å². The highest BCUT2D eigenvalue weighted by molar-refractivity contribution is 7.22. The largest absolute Gasteiger partial charge is 0.471 e. The van der Waals surface area contributed by atoms with Crippen molar-refractivity contribution in [3.8, 4) is 0 Å². The fraction of sp³-hybridized carbons (Fsp3) is 0.417. The summed E-state index contributed by atoms with van der Waals surface area (Å²) in [5.74, 6) is 0.133. The lowest BCUT2D eigenvalue weighted by atomic mass is 10.1. The fourth-order valence-corrected chi connectivity index (χ4v) is 5.86. The Morgan fingerprint density at radius 1 is 1.17 bits per heavy atom. The topological polar surface area (TPSA) is 136 Å². The number of nitrogens with zero attached hydrogens (tertiary/aromatic N) is 6. The van der Waals surface area contributed by atoms with E-state index in [0.717, 1.165) is 52.8 Å². The maximum atomic E-state index is 12.5. The highest BCUT2D eigenvalue weighted by Gasteiger charge is 2.37. The zero-order chi connectivity index (χ0) is 24.8. The molecule has 3 aliphatic rings. The van der Waals surface area contributed by atoms with E-state index in [1.165, 1.54) is 6.26 Å². The third-order valence-corrected chi connectivity index (χ3v) is 7.71. The summed E-state index contributed by atoms with van der Waals surface area (Å²) >= 11 is 1.58. The van der Waals surface area contributed by atoms with Gasteiger partial charge in [0.05, 0.1) is 23.6 Å². The number of pyridine rings is 2. The number of hydrogen-bond acceptors (Lipinski definition) is 11. The number of hydrogen-bond donors (Lipinski definition) is 2. The van der Waals surface area contributed by atoms with E-state index < -0.39 is 12.1 Å². The van der Waals surface area contributed by atoms with Crippen LogP contribution in [0.1, 0.15) is 23.9 Å². The average molecular weight is 509 g/mol. The Bertz CT molecular complexity index is 1340. The summed E-state index contributed by atoms with van der Waals surface area (Å²) in [5.41, 5.74) is 15.4. The minimum absolute atomic E-state index is 0.0503. The van der Waals surface area contributed by atoms with Crippen LogP contribution in [0.2, 0.25) is 0 Å². The molecule has 188 valence electrons. The first-order valence-electron chi connectivity index (χ1n) is 12.0. The molecule has 12 heteroatoms. The number of nitrogens with two attached hydrogens (primary N) is 2. The van der Waals surface area contributed by atoms with Crippen molar-refractivity contribution >= 4 is 44.2 Å². The van der Waals surface area contributed by atoms with E-state index in [4.69, 9.17) is 30.9 Å². The lowest BCUT2D eigenvalue weighted by Gasteiger charge is -2.31. The summed E-state index contributed by atoms with van der Waals surface area (Å²) in [6, 6.07) is 5.91. The van der Waals surface area contributed by atoms with Gasteiger partial charge in [0.1, 0.15) is 12.0 Å². The second-order valence-electron chi connectivity index (χ2n) is 9.20. The molecule has 0 aliphatic carbocycles. The molecule has 3 aliphatic heterocycles. The van der Waals surface area contributed by atoms with Gasteiger partial charge in [0.25, 0.3) is 5.91 Å². The van der Waals surface area contributed by atoms with E-state index in [0.29, 0.717) is 31.2 Å². The zero-order valence-corrected chi connectivity index (χ0v) is 20.8. The number of ether oxygens (including phenoxy) is 2. The molecule has 1 unspecified atom stereocenters. The predicted molar refractivity (Wildman–Crippen MR) is 138 cm³/mol. The van der Waals surface area contributed by atoms with Crippen LogP contribution >= 0.6 is 11.3 Å². The standard InChI is InChI=1S/C24H28N8O3S/c1-14-10-15(2-4-27-14)23-32(18(13-35-23)20(26)33)17-11-19-21(28-22(17)31-5-3-16(25)12-31)29-24(36-19)30-6-8-34-9-7-30/h2,4,10-11,13,16,23H,3,5-9,12,25H2,1H3,(H2,26,33)/t16?,23-/m0/s1. The van der Waals surface area contributed by atoms with Crippen molar-refractivity contribution in [3.05, 3.63) is 47.6 Å². The number of aryl methyl sites for hydroxylation is 1. The van der Waals surface area contributed by atoms with Gasteiger partial charge in [0.15, 0.2) is 16.6 Å². The van der Waals surface area contributed by atoms with Gasteiger partial charge in [-0.05, 0) is 31.5 Å². The van der Waals surface area contributed by atoms with Crippen LogP contribution in [0.4, 0.5) is 16.6 Å². The summed E-state index contributed by atoms with van der Waals surface area (Å²) < 4.78 is 12.4. The number of carbonyl (C=O) groups excluding carboxylic acids is 1. The minimum Gasteiger partial charge on any atom is -0.471 e. The van der Waals surface area contributed by atoms with E-state index in [-0.39, 0.29) is 11.7 Å². The Morgan fingerprint density at radius 2 is 2.00 bits per heavy atom. The molecule has 11 nitrogen and oxygen atoms in total. The fourth-order valence-electron chi connectivity index (χ4n) is 4.87. The molecule has 0 aromatic carbocycles. The molecule has 0 radical (unpaired) electrons. The molecule has 0 saturated carbocycles. The quantitative estimate of drug-likeness (QED) is 0.523. The van der Waals surface area contributed by atoms with Gasteiger partial charge in [-0.1, -0.05) is 11.3 Å². The molecular formula is C24H28N8O3S. The van der Waals surface area contributed by atoms with Gasteiger partial charge in [-0.15, -0.1) is 0 Å². The smallest absolute Gasteiger partial charge is 0.268 e. The summed E-state index contributed by atoms with van der Waals surface area (Å²) in [5, 5.41) is 0.909. The lowest BCUT2D eigenvalue weighted by molar-refractivity contribution is -0.114. The van der Waals surface area contributed by atoms with Gasteiger partial charge in [0.2, 0.25) is 6.23 Å². The van der Waals surface area contributed by atoms with Crippen LogP contribution in [-0.4, -0.2) is 66.3 Å². The molecule has 4 N–H and O–H groups in total. The number of thiazole rings is 1. The van der Waals surface area contributed by atoms with Crippen molar-refractivity contribution in [2.75, 3.05) is 54.1 Å². The van der Waals surface area contributed by atoms with E-state index in [2.05, 4.69) is 14.8 Å². The van der Waals surface area contributed by atoms with Crippen LogP contribution in [0.25, 0.3) is 10.3 Å². The highest BCUT2D eigenvalue weighted by Crippen LogP contribution is 2.44. The normalized spacial score (nSPS) is 22.3. The molecule has 3 aromatic heterocycles. The molecule has 1 amide bonds. The number of fused-ring (bicyclic) bond motifs is 1. The molecule has 2 saturated heterocycles. The van der Waals surface area contributed by atoms with Crippen molar-refractivity contribution in [3.63, 3.8) is 0 Å². The third kappa shape index (κ3) is 4.10. The average Bonchev–Trinajstić information content (AvgIpc) is 3.61. The van der Waals surface area contributed by atoms with Crippen molar-refractivity contribution in [1.29, 1.82) is 0 Å². The van der Waals surface area contributed by atoms with Gasteiger partial charge in [-0.2, -0.15) is 4.98 Å². The van der Waals surface area contributed by atoms with E-state index in [1.54, 1.807) is 17.5 Å². The monoisotopic (exact) mass is 508 g/mol. The Morgan fingerprint density at radius 3 is 2.72 bits per heavy atom. The van der Waals surface area contributed by atoms with Crippen LogP contribution in [-0.2, 0) is 14.3 Å². The van der Waals surface area contributed by atoms with E-state index >= 15 is 0 Å². The van der Waals surface area contributed by atoms with Crippen molar-refractivity contribution in [1.82, 2.24) is 15.0 Å². The highest BCUT2D eigenvalue weighted by atomic mass is 32.1. The number of morpholine rings is 1.